The van der Waals surface area contributed by atoms with Crippen molar-refractivity contribution in [3.8, 4) is 11.8 Å². The van der Waals surface area contributed by atoms with Crippen LogP contribution in [0.25, 0.3) is 0 Å². The summed E-state index contributed by atoms with van der Waals surface area (Å²) in [7, 11) is 0. The van der Waals surface area contributed by atoms with Gasteiger partial charge in [0.2, 0.25) is 0 Å². The largest absolute Gasteiger partial charge is 0.292 e. The quantitative estimate of drug-likeness (QED) is 0.546. The van der Waals surface area contributed by atoms with Gasteiger partial charge < -0.3 is 0 Å². The first-order valence-electron chi connectivity index (χ1n) is 5.47. The van der Waals surface area contributed by atoms with Crippen LogP contribution in [0.4, 0.5) is 0 Å². The van der Waals surface area contributed by atoms with Crippen molar-refractivity contribution in [1.82, 2.24) is 4.90 Å². The Balaban J connectivity index is 3.63. The van der Waals surface area contributed by atoms with E-state index in [0.29, 0.717) is 0 Å². The molecule has 0 radical (unpaired) electrons. The molecule has 0 fully saturated rings. The minimum atomic E-state index is 0.955. The van der Waals surface area contributed by atoms with Gasteiger partial charge in [0.05, 0.1) is 6.54 Å². The zero-order chi connectivity index (χ0) is 9.94. The molecule has 1 heteroatoms. The molecule has 0 atom stereocenters. The summed E-state index contributed by atoms with van der Waals surface area (Å²) in [6.07, 6.45) is 5.16. The minimum Gasteiger partial charge on any atom is -0.292 e. The molecule has 0 aromatic heterocycles. The molecule has 76 valence electrons. The van der Waals surface area contributed by atoms with Gasteiger partial charge in [-0.15, -0.1) is 5.92 Å². The van der Waals surface area contributed by atoms with Crippen LogP contribution in [0.2, 0.25) is 0 Å². The first-order valence-corrected chi connectivity index (χ1v) is 5.47. The molecular weight excluding hydrogens is 158 g/mol. The fourth-order valence-corrected chi connectivity index (χ4v) is 1.22. The first kappa shape index (κ1) is 12.5. The van der Waals surface area contributed by atoms with Crippen LogP contribution in [0.5, 0.6) is 0 Å². The highest BCUT2D eigenvalue weighted by atomic mass is 15.1. The molecule has 0 saturated carbocycles. The van der Waals surface area contributed by atoms with Crippen molar-refractivity contribution in [2.24, 2.45) is 0 Å². The highest BCUT2D eigenvalue weighted by molar-refractivity contribution is 4.97. The lowest BCUT2D eigenvalue weighted by Crippen LogP contribution is -2.26. The number of rotatable bonds is 7. The van der Waals surface area contributed by atoms with Crippen molar-refractivity contribution in [2.45, 2.75) is 46.5 Å². The molecular formula is C12H23N. The molecule has 0 unspecified atom stereocenters. The Bertz CT molecular complexity index is 144. The van der Waals surface area contributed by atoms with E-state index in [-0.39, 0.29) is 0 Å². The first-order chi connectivity index (χ1) is 6.35. The van der Waals surface area contributed by atoms with Crippen molar-refractivity contribution >= 4 is 0 Å². The van der Waals surface area contributed by atoms with Crippen molar-refractivity contribution in [3.05, 3.63) is 0 Å². The molecule has 0 spiro atoms. The average Bonchev–Trinajstić information content (AvgIpc) is 2.17. The second-order valence-electron chi connectivity index (χ2n) is 3.41. The van der Waals surface area contributed by atoms with E-state index >= 15 is 0 Å². The summed E-state index contributed by atoms with van der Waals surface area (Å²) < 4.78 is 0. The molecule has 13 heavy (non-hydrogen) atoms. The van der Waals surface area contributed by atoms with Crippen molar-refractivity contribution in [2.75, 3.05) is 19.6 Å². The summed E-state index contributed by atoms with van der Waals surface area (Å²) in [6.45, 7) is 9.78. The van der Waals surface area contributed by atoms with Gasteiger partial charge >= 0.3 is 0 Å². The predicted molar refractivity (Wildman–Crippen MR) is 59.7 cm³/mol. The third kappa shape index (κ3) is 7.87. The highest BCUT2D eigenvalue weighted by Gasteiger charge is 2.00. The van der Waals surface area contributed by atoms with E-state index in [1.165, 1.54) is 38.8 Å². The van der Waals surface area contributed by atoms with Crippen LogP contribution in [-0.4, -0.2) is 24.5 Å². The van der Waals surface area contributed by atoms with Gasteiger partial charge in [-0.2, -0.15) is 0 Å². The molecule has 0 aromatic carbocycles. The lowest BCUT2D eigenvalue weighted by Gasteiger charge is -2.18. The van der Waals surface area contributed by atoms with Crippen LogP contribution in [0.15, 0.2) is 0 Å². The third-order valence-electron chi connectivity index (χ3n) is 2.14. The number of hydrogen-bond donors (Lipinski definition) is 0. The van der Waals surface area contributed by atoms with Crippen molar-refractivity contribution < 1.29 is 0 Å². The second kappa shape index (κ2) is 9.61. The van der Waals surface area contributed by atoms with Crippen LogP contribution >= 0.6 is 0 Å². The van der Waals surface area contributed by atoms with Crippen LogP contribution in [0.3, 0.4) is 0 Å². The van der Waals surface area contributed by atoms with Crippen molar-refractivity contribution in [1.29, 1.82) is 0 Å². The number of hydrogen-bond acceptors (Lipinski definition) is 1. The normalized spacial score (nSPS) is 9.85. The lowest BCUT2D eigenvalue weighted by atomic mass is 10.2. The molecule has 0 aliphatic rings. The molecule has 0 amide bonds. The van der Waals surface area contributed by atoms with E-state index in [1.54, 1.807) is 0 Å². The van der Waals surface area contributed by atoms with Gasteiger partial charge in [0.15, 0.2) is 0 Å². The van der Waals surface area contributed by atoms with Gasteiger partial charge in [0, 0.05) is 0 Å². The summed E-state index contributed by atoms with van der Waals surface area (Å²) in [5, 5.41) is 0. The Kier molecular flexibility index (Phi) is 9.25. The minimum absolute atomic E-state index is 0.955. The molecule has 0 aliphatic heterocycles. The van der Waals surface area contributed by atoms with Crippen LogP contribution in [0.1, 0.15) is 46.5 Å². The molecule has 1 nitrogen and oxygen atoms in total. The molecule has 0 heterocycles. The SMILES string of the molecule is CC#CCN(CCCC)CCCC. The van der Waals surface area contributed by atoms with Gasteiger partial charge in [-0.3, -0.25) is 4.90 Å². The summed E-state index contributed by atoms with van der Waals surface area (Å²) >= 11 is 0. The van der Waals surface area contributed by atoms with E-state index in [4.69, 9.17) is 0 Å². The topological polar surface area (TPSA) is 3.24 Å². The number of nitrogens with zero attached hydrogens (tertiary/aromatic N) is 1. The van der Waals surface area contributed by atoms with E-state index in [1.807, 2.05) is 6.92 Å². The van der Waals surface area contributed by atoms with Gasteiger partial charge in [0.25, 0.3) is 0 Å². The summed E-state index contributed by atoms with van der Waals surface area (Å²) in [6, 6.07) is 0. The second-order valence-corrected chi connectivity index (χ2v) is 3.41. The zero-order valence-corrected chi connectivity index (χ0v) is 9.40. The van der Waals surface area contributed by atoms with Crippen LogP contribution < -0.4 is 0 Å². The number of unbranched alkanes of at least 4 members (excludes halogenated alkanes) is 2. The Morgan fingerprint density at radius 3 is 1.92 bits per heavy atom. The molecule has 0 rings (SSSR count). The fourth-order valence-electron chi connectivity index (χ4n) is 1.22. The standard InChI is InChI=1S/C12H23N/c1-4-7-10-13(11-8-5-2)12-9-6-3/h4-5,7-8,10-12H2,1-3H3. The monoisotopic (exact) mass is 181 g/mol. The van der Waals surface area contributed by atoms with E-state index in [9.17, 15) is 0 Å². The maximum atomic E-state index is 3.14. The summed E-state index contributed by atoms with van der Waals surface area (Å²) in [5.41, 5.74) is 0. The maximum absolute atomic E-state index is 3.14. The maximum Gasteiger partial charge on any atom is 0.0601 e. The van der Waals surface area contributed by atoms with Crippen LogP contribution in [0, 0.1) is 11.8 Å². The highest BCUT2D eigenvalue weighted by Crippen LogP contribution is 1.97. The Labute approximate surface area is 83.5 Å². The fraction of sp³-hybridized carbons (Fsp3) is 0.833. The van der Waals surface area contributed by atoms with Gasteiger partial charge in [-0.25, -0.2) is 0 Å². The summed E-state index contributed by atoms with van der Waals surface area (Å²) in [4.78, 5) is 2.46. The summed E-state index contributed by atoms with van der Waals surface area (Å²) in [5.74, 6) is 6.10. The average molecular weight is 181 g/mol. The van der Waals surface area contributed by atoms with Gasteiger partial charge in [-0.05, 0) is 32.9 Å². The molecule has 0 saturated heterocycles. The molecule has 0 aliphatic carbocycles. The lowest BCUT2D eigenvalue weighted by molar-refractivity contribution is 0.296. The van der Waals surface area contributed by atoms with Gasteiger partial charge in [-0.1, -0.05) is 32.6 Å². The molecule has 0 aromatic rings. The predicted octanol–water partition coefficient (Wildman–Crippen LogP) is 2.91. The Morgan fingerprint density at radius 2 is 1.54 bits per heavy atom. The van der Waals surface area contributed by atoms with E-state index in [2.05, 4.69) is 30.6 Å². The van der Waals surface area contributed by atoms with E-state index < -0.39 is 0 Å². The third-order valence-corrected chi connectivity index (χ3v) is 2.14. The van der Waals surface area contributed by atoms with Crippen LogP contribution in [-0.2, 0) is 0 Å². The Hall–Kier alpha value is -0.480. The van der Waals surface area contributed by atoms with Gasteiger partial charge in [0.1, 0.15) is 0 Å². The van der Waals surface area contributed by atoms with Crippen molar-refractivity contribution in [3.63, 3.8) is 0 Å². The molecule has 0 N–H and O–H groups in total. The molecule has 0 bridgehead atoms. The zero-order valence-electron chi connectivity index (χ0n) is 9.40. The van der Waals surface area contributed by atoms with E-state index in [0.717, 1.165) is 6.54 Å². The Morgan fingerprint density at radius 1 is 1.00 bits per heavy atom. The smallest absolute Gasteiger partial charge is 0.0601 e.